The third kappa shape index (κ3) is 2.23. The van der Waals surface area contributed by atoms with Crippen LogP contribution in [0.3, 0.4) is 0 Å². The summed E-state index contributed by atoms with van der Waals surface area (Å²) in [5.41, 5.74) is 5.25. The summed E-state index contributed by atoms with van der Waals surface area (Å²) in [6.07, 6.45) is -1.61. The van der Waals surface area contributed by atoms with E-state index in [1.54, 1.807) is 0 Å². The minimum absolute atomic E-state index is 0.0722. The maximum absolute atomic E-state index is 12.8. The van der Waals surface area contributed by atoms with Gasteiger partial charge in [0.05, 0.1) is 5.56 Å². The van der Waals surface area contributed by atoms with Gasteiger partial charge in [0.25, 0.3) is 0 Å². The zero-order valence-corrected chi connectivity index (χ0v) is 10.6. The van der Waals surface area contributed by atoms with Gasteiger partial charge in [0.15, 0.2) is 5.82 Å². The summed E-state index contributed by atoms with van der Waals surface area (Å²) in [5.74, 6) is 1.28. The lowest BCUT2D eigenvalue weighted by atomic mass is 10.1. The van der Waals surface area contributed by atoms with Gasteiger partial charge in [0.2, 0.25) is 0 Å². The van der Waals surface area contributed by atoms with E-state index in [4.69, 9.17) is 5.73 Å². The first-order chi connectivity index (χ1) is 9.45. The summed E-state index contributed by atoms with van der Waals surface area (Å²) in [5, 5.41) is 8.07. The molecule has 0 saturated carbocycles. The van der Waals surface area contributed by atoms with E-state index in [1.807, 2.05) is 4.57 Å². The lowest BCUT2D eigenvalue weighted by Gasteiger charge is -2.15. The van der Waals surface area contributed by atoms with E-state index >= 15 is 0 Å². The largest absolute Gasteiger partial charge is 0.416 e. The van der Waals surface area contributed by atoms with Crippen molar-refractivity contribution in [3.05, 3.63) is 29.6 Å². The highest BCUT2D eigenvalue weighted by atomic mass is 19.4. The molecular formula is C13H13F3N4. The van der Waals surface area contributed by atoms with E-state index in [9.17, 15) is 13.2 Å². The van der Waals surface area contributed by atoms with Crippen molar-refractivity contribution in [2.75, 3.05) is 5.73 Å². The van der Waals surface area contributed by atoms with Gasteiger partial charge in [-0.05, 0) is 31.0 Å². The Hall–Kier alpha value is -2.05. The number of nitrogens with two attached hydrogens (primary N) is 1. The van der Waals surface area contributed by atoms with Gasteiger partial charge >= 0.3 is 6.18 Å². The Bertz CT molecular complexity index is 646. The number of hydrogen-bond acceptors (Lipinski definition) is 3. The van der Waals surface area contributed by atoms with Crippen molar-refractivity contribution in [3.63, 3.8) is 0 Å². The van der Waals surface area contributed by atoms with Gasteiger partial charge in [0, 0.05) is 24.2 Å². The topological polar surface area (TPSA) is 56.7 Å². The highest BCUT2D eigenvalue weighted by molar-refractivity contribution is 5.63. The first-order valence-corrected chi connectivity index (χ1v) is 6.35. The zero-order chi connectivity index (χ0) is 14.3. The minimum Gasteiger partial charge on any atom is -0.399 e. The van der Waals surface area contributed by atoms with Crippen LogP contribution in [0.25, 0.3) is 11.4 Å². The molecule has 0 spiro atoms. The summed E-state index contributed by atoms with van der Waals surface area (Å²) in [7, 11) is 0. The quantitative estimate of drug-likeness (QED) is 0.818. The normalized spacial score (nSPS) is 15.2. The zero-order valence-electron chi connectivity index (χ0n) is 10.6. The van der Waals surface area contributed by atoms with Crippen LogP contribution in [0.2, 0.25) is 0 Å². The van der Waals surface area contributed by atoms with E-state index in [-0.39, 0.29) is 5.69 Å². The molecule has 2 heterocycles. The smallest absolute Gasteiger partial charge is 0.399 e. The van der Waals surface area contributed by atoms with Crippen molar-refractivity contribution in [2.24, 2.45) is 0 Å². The van der Waals surface area contributed by atoms with Crippen LogP contribution in [0.4, 0.5) is 18.9 Å². The third-order valence-corrected chi connectivity index (χ3v) is 3.40. The molecule has 0 amide bonds. The predicted molar refractivity (Wildman–Crippen MR) is 67.8 cm³/mol. The molecule has 3 rings (SSSR count). The number of nitrogen functional groups attached to an aromatic ring is 1. The number of anilines is 1. The lowest BCUT2D eigenvalue weighted by molar-refractivity contribution is -0.137. The van der Waals surface area contributed by atoms with Gasteiger partial charge in [-0.2, -0.15) is 13.2 Å². The summed E-state index contributed by atoms with van der Waals surface area (Å²) in [6.45, 7) is 0.730. The van der Waals surface area contributed by atoms with E-state index in [0.29, 0.717) is 11.4 Å². The molecule has 1 aromatic heterocycles. The molecule has 0 bridgehead atoms. The van der Waals surface area contributed by atoms with E-state index < -0.39 is 11.7 Å². The molecule has 1 aliphatic heterocycles. The van der Waals surface area contributed by atoms with Crippen molar-refractivity contribution in [1.29, 1.82) is 0 Å². The molecule has 1 aliphatic rings. The predicted octanol–water partition coefficient (Wildman–Crippen LogP) is 2.88. The van der Waals surface area contributed by atoms with Gasteiger partial charge in [-0.3, -0.25) is 0 Å². The van der Waals surface area contributed by atoms with E-state index in [0.717, 1.165) is 43.8 Å². The summed E-state index contributed by atoms with van der Waals surface area (Å²) in [4.78, 5) is 0. The number of alkyl halides is 3. The Morgan fingerprint density at radius 1 is 1.10 bits per heavy atom. The van der Waals surface area contributed by atoms with Crippen molar-refractivity contribution in [3.8, 4) is 11.4 Å². The molecule has 7 heteroatoms. The second-order valence-electron chi connectivity index (χ2n) is 4.89. The SMILES string of the molecule is Nc1cc(-c2nnc3n2CCCC3)cc(C(F)(F)F)c1. The fraction of sp³-hybridized carbons (Fsp3) is 0.385. The average molecular weight is 282 g/mol. The fourth-order valence-corrected chi connectivity index (χ4v) is 2.47. The molecule has 0 aliphatic carbocycles. The Kier molecular flexibility index (Phi) is 2.92. The highest BCUT2D eigenvalue weighted by Gasteiger charge is 2.31. The molecular weight excluding hydrogens is 269 g/mol. The molecule has 106 valence electrons. The molecule has 4 nitrogen and oxygen atoms in total. The summed E-state index contributed by atoms with van der Waals surface area (Å²) < 4.78 is 40.4. The van der Waals surface area contributed by atoms with E-state index in [2.05, 4.69) is 10.2 Å². The molecule has 20 heavy (non-hydrogen) atoms. The number of aryl methyl sites for hydroxylation is 1. The molecule has 0 fully saturated rings. The third-order valence-electron chi connectivity index (χ3n) is 3.40. The van der Waals surface area contributed by atoms with E-state index in [1.165, 1.54) is 6.07 Å². The highest BCUT2D eigenvalue weighted by Crippen LogP contribution is 2.34. The molecule has 0 radical (unpaired) electrons. The standard InChI is InChI=1S/C13H13F3N4/c14-13(15,16)9-5-8(6-10(17)7-9)12-19-18-11-3-1-2-4-20(11)12/h5-7H,1-4,17H2. The number of nitrogens with zero attached hydrogens (tertiary/aromatic N) is 3. The Balaban J connectivity index is 2.11. The maximum Gasteiger partial charge on any atom is 0.416 e. The molecule has 1 aromatic carbocycles. The number of aromatic nitrogens is 3. The summed E-state index contributed by atoms with van der Waals surface area (Å²) in [6, 6.07) is 3.50. The lowest BCUT2D eigenvalue weighted by Crippen LogP contribution is -2.12. The van der Waals surface area contributed by atoms with Crippen LogP contribution in [0.15, 0.2) is 18.2 Å². The van der Waals surface area contributed by atoms with Gasteiger partial charge in [-0.25, -0.2) is 0 Å². The fourth-order valence-electron chi connectivity index (χ4n) is 2.47. The molecule has 0 atom stereocenters. The van der Waals surface area contributed by atoms with Crippen molar-refractivity contribution < 1.29 is 13.2 Å². The first kappa shape index (κ1) is 13.0. The summed E-state index contributed by atoms with van der Waals surface area (Å²) >= 11 is 0. The van der Waals surface area contributed by atoms with Crippen LogP contribution < -0.4 is 5.73 Å². The number of rotatable bonds is 1. The number of fused-ring (bicyclic) bond motifs is 1. The van der Waals surface area contributed by atoms with Crippen LogP contribution in [0.5, 0.6) is 0 Å². The van der Waals surface area contributed by atoms with Crippen molar-refractivity contribution in [2.45, 2.75) is 32.0 Å². The Morgan fingerprint density at radius 3 is 2.65 bits per heavy atom. The Labute approximate surface area is 113 Å². The maximum atomic E-state index is 12.8. The molecule has 0 unspecified atom stereocenters. The molecule has 0 saturated heterocycles. The van der Waals surface area contributed by atoms with Crippen LogP contribution in [0.1, 0.15) is 24.2 Å². The number of hydrogen-bond donors (Lipinski definition) is 1. The van der Waals surface area contributed by atoms with Gasteiger partial charge in [-0.15, -0.1) is 10.2 Å². The van der Waals surface area contributed by atoms with Gasteiger partial charge < -0.3 is 10.3 Å². The second kappa shape index (κ2) is 4.50. The second-order valence-corrected chi connectivity index (χ2v) is 4.89. The van der Waals surface area contributed by atoms with Crippen LogP contribution in [-0.2, 0) is 19.1 Å². The van der Waals surface area contributed by atoms with Gasteiger partial charge in [0.1, 0.15) is 5.82 Å². The average Bonchev–Trinajstić information content (AvgIpc) is 2.80. The Morgan fingerprint density at radius 2 is 1.90 bits per heavy atom. The van der Waals surface area contributed by atoms with Crippen molar-refractivity contribution in [1.82, 2.24) is 14.8 Å². The number of benzene rings is 1. The van der Waals surface area contributed by atoms with Crippen molar-refractivity contribution >= 4 is 5.69 Å². The number of halogens is 3. The van der Waals surface area contributed by atoms with Crippen LogP contribution in [0, 0.1) is 0 Å². The van der Waals surface area contributed by atoms with Gasteiger partial charge in [-0.1, -0.05) is 0 Å². The molecule has 2 aromatic rings. The first-order valence-electron chi connectivity index (χ1n) is 6.35. The molecule has 2 N–H and O–H groups in total. The minimum atomic E-state index is -4.42. The monoisotopic (exact) mass is 282 g/mol. The van der Waals surface area contributed by atoms with Crippen LogP contribution in [-0.4, -0.2) is 14.8 Å². The van der Waals surface area contributed by atoms with Crippen LogP contribution >= 0.6 is 0 Å².